The molecule has 2 aromatic carbocycles. The van der Waals surface area contributed by atoms with Crippen LogP contribution in [0.1, 0.15) is 43.0 Å². The summed E-state index contributed by atoms with van der Waals surface area (Å²) in [4.78, 5) is 38.0. The number of amides is 2. The van der Waals surface area contributed by atoms with Crippen molar-refractivity contribution in [3.63, 3.8) is 0 Å². The maximum absolute atomic E-state index is 12.6. The topological polar surface area (TPSA) is 146 Å². The zero-order valence-corrected chi connectivity index (χ0v) is 22.6. The minimum atomic E-state index is -0.500. The van der Waals surface area contributed by atoms with Crippen LogP contribution < -0.4 is 25.8 Å². The molecule has 3 aromatic rings. The van der Waals surface area contributed by atoms with E-state index in [4.69, 9.17) is 15.2 Å². The number of hydrogen-bond donors (Lipinski definition) is 3. The van der Waals surface area contributed by atoms with E-state index in [2.05, 4.69) is 10.6 Å². The maximum atomic E-state index is 12.6. The number of carbonyl (C=O) groups is 2. The van der Waals surface area contributed by atoms with Crippen molar-refractivity contribution >= 4 is 46.3 Å². The van der Waals surface area contributed by atoms with Crippen molar-refractivity contribution in [2.24, 2.45) is 0 Å². The number of nitrogen functional groups attached to an aromatic ring is 1. The quantitative estimate of drug-likeness (QED) is 0.117. The van der Waals surface area contributed by atoms with Crippen LogP contribution in [-0.2, 0) is 9.59 Å². The first-order valence-electron chi connectivity index (χ1n) is 12.6. The smallest absolute Gasteiger partial charge is 0.284 e. The summed E-state index contributed by atoms with van der Waals surface area (Å²) in [5.41, 5.74) is 8.93. The van der Waals surface area contributed by atoms with Gasteiger partial charge in [0.1, 0.15) is 0 Å². The summed E-state index contributed by atoms with van der Waals surface area (Å²) < 4.78 is 11.1. The Kier molecular flexibility index (Phi) is 8.82. The number of nitrogens with zero attached hydrogens (tertiary/aromatic N) is 1. The lowest BCUT2D eigenvalue weighted by molar-refractivity contribution is -0.427. The Morgan fingerprint density at radius 1 is 1.10 bits per heavy atom. The Morgan fingerprint density at radius 2 is 1.85 bits per heavy atom. The van der Waals surface area contributed by atoms with Gasteiger partial charge in [-0.1, -0.05) is 6.07 Å². The Bertz CT molecular complexity index is 1430. The summed E-state index contributed by atoms with van der Waals surface area (Å²) in [6, 6.07) is 12.9. The molecule has 1 aliphatic heterocycles. The molecule has 1 aliphatic rings. The number of nitro groups is 1. The van der Waals surface area contributed by atoms with Gasteiger partial charge >= 0.3 is 0 Å². The molecule has 0 aliphatic carbocycles. The lowest BCUT2D eigenvalue weighted by Gasteiger charge is -2.19. The second kappa shape index (κ2) is 12.4. The van der Waals surface area contributed by atoms with Crippen LogP contribution in [-0.4, -0.2) is 30.0 Å². The van der Waals surface area contributed by atoms with Crippen LogP contribution in [0.2, 0.25) is 0 Å². The largest absolute Gasteiger partial charge is 0.490 e. The average molecular weight is 551 g/mol. The predicted molar refractivity (Wildman–Crippen MR) is 153 cm³/mol. The van der Waals surface area contributed by atoms with Crippen LogP contribution in [0.15, 0.2) is 48.2 Å². The van der Waals surface area contributed by atoms with Gasteiger partial charge in [0.25, 0.3) is 5.70 Å². The molecule has 0 unspecified atom stereocenters. The van der Waals surface area contributed by atoms with Crippen LogP contribution in [0.4, 0.5) is 17.1 Å². The van der Waals surface area contributed by atoms with Crippen LogP contribution in [0.25, 0.3) is 16.5 Å². The van der Waals surface area contributed by atoms with E-state index in [9.17, 15) is 19.7 Å². The van der Waals surface area contributed by atoms with Crippen molar-refractivity contribution in [2.45, 2.75) is 39.5 Å². The molecule has 4 rings (SSSR count). The molecule has 204 valence electrons. The fraction of sp³-hybridized carbons (Fsp3) is 0.286. The third-order valence-corrected chi connectivity index (χ3v) is 7.05. The van der Waals surface area contributed by atoms with E-state index in [1.54, 1.807) is 29.5 Å². The van der Waals surface area contributed by atoms with Gasteiger partial charge in [-0.3, -0.25) is 19.7 Å². The van der Waals surface area contributed by atoms with E-state index >= 15 is 0 Å². The third kappa shape index (κ3) is 7.14. The highest BCUT2D eigenvalue weighted by Crippen LogP contribution is 2.39. The van der Waals surface area contributed by atoms with Crippen molar-refractivity contribution in [3.05, 3.63) is 68.7 Å². The first kappa shape index (κ1) is 27.6. The number of ether oxygens (including phenoxy) is 2. The van der Waals surface area contributed by atoms with Gasteiger partial charge in [0, 0.05) is 46.0 Å². The van der Waals surface area contributed by atoms with Gasteiger partial charge in [0.2, 0.25) is 11.8 Å². The fourth-order valence-electron chi connectivity index (χ4n) is 4.11. The molecule has 39 heavy (non-hydrogen) atoms. The van der Waals surface area contributed by atoms with Crippen LogP contribution >= 0.6 is 11.3 Å². The molecular weight excluding hydrogens is 520 g/mol. The summed E-state index contributed by atoms with van der Waals surface area (Å²) in [5, 5.41) is 16.8. The summed E-state index contributed by atoms with van der Waals surface area (Å²) in [5.74, 6) is 0.392. The number of anilines is 3. The number of nitrogens with one attached hydrogen (secondary N) is 2. The number of fused-ring (bicyclic) bond motifs is 1. The molecule has 0 bridgehead atoms. The SMILES string of the molecule is CCOc1cc(NC(=O)CCCCC(=O)Nc2cc(-c3ccc(C)s3)ccc2N)cc2c1OCC([N+](=O)[O-])=C2. The van der Waals surface area contributed by atoms with Gasteiger partial charge in [0.15, 0.2) is 18.1 Å². The van der Waals surface area contributed by atoms with E-state index in [1.165, 1.54) is 11.0 Å². The normalized spacial score (nSPS) is 12.1. The lowest BCUT2D eigenvalue weighted by atomic mass is 10.1. The van der Waals surface area contributed by atoms with Crippen molar-refractivity contribution in [1.29, 1.82) is 0 Å². The van der Waals surface area contributed by atoms with Gasteiger partial charge in [-0.2, -0.15) is 0 Å². The van der Waals surface area contributed by atoms with Crippen LogP contribution in [0, 0.1) is 17.0 Å². The zero-order valence-electron chi connectivity index (χ0n) is 21.7. The van der Waals surface area contributed by atoms with E-state index in [0.717, 1.165) is 10.4 Å². The van der Waals surface area contributed by atoms with E-state index in [0.29, 0.717) is 53.6 Å². The summed E-state index contributed by atoms with van der Waals surface area (Å²) >= 11 is 1.67. The Balaban J connectivity index is 1.29. The van der Waals surface area contributed by atoms with Crippen molar-refractivity contribution < 1.29 is 24.0 Å². The Labute approximate surface area is 230 Å². The number of thiophene rings is 1. The van der Waals surface area contributed by atoms with Crippen LogP contribution in [0.3, 0.4) is 0 Å². The van der Waals surface area contributed by atoms with E-state index < -0.39 is 4.92 Å². The second-order valence-corrected chi connectivity index (χ2v) is 10.3. The third-order valence-electron chi connectivity index (χ3n) is 6.00. The number of hydrogen-bond acceptors (Lipinski definition) is 8. The minimum Gasteiger partial charge on any atom is -0.490 e. The minimum absolute atomic E-state index is 0.0817. The molecule has 11 heteroatoms. The van der Waals surface area contributed by atoms with Gasteiger partial charge in [-0.05, 0) is 62.6 Å². The Morgan fingerprint density at radius 3 is 2.51 bits per heavy atom. The highest BCUT2D eigenvalue weighted by Gasteiger charge is 2.24. The first-order chi connectivity index (χ1) is 18.7. The molecule has 2 heterocycles. The lowest BCUT2D eigenvalue weighted by Crippen LogP contribution is -2.16. The van der Waals surface area contributed by atoms with E-state index in [1.807, 2.05) is 38.1 Å². The second-order valence-electron chi connectivity index (χ2n) is 9.02. The number of carbonyl (C=O) groups excluding carboxylic acids is 2. The molecular formula is C28H30N4O6S. The number of rotatable bonds is 11. The molecule has 0 atom stereocenters. The molecule has 0 spiro atoms. The standard InChI is InChI=1S/C28H30N4O6S/c1-3-37-24-15-20(12-19-13-21(32(35)36)16-38-28(19)24)30-26(33)6-4-5-7-27(34)31-23-14-18(9-10-22(23)29)25-11-8-17(2)39-25/h8-15H,3-7,16,29H2,1-2H3,(H,30,33)(H,31,34). The van der Waals surface area contributed by atoms with E-state index in [-0.39, 0.29) is 37.0 Å². The zero-order chi connectivity index (χ0) is 27.9. The van der Waals surface area contributed by atoms with Crippen LogP contribution in [0.5, 0.6) is 11.5 Å². The van der Waals surface area contributed by atoms with Gasteiger partial charge in [-0.15, -0.1) is 11.3 Å². The monoisotopic (exact) mass is 550 g/mol. The van der Waals surface area contributed by atoms with Gasteiger partial charge in [0.05, 0.1) is 22.9 Å². The first-order valence-corrected chi connectivity index (χ1v) is 13.4. The highest BCUT2D eigenvalue weighted by atomic mass is 32.1. The van der Waals surface area contributed by atoms with Gasteiger partial charge < -0.3 is 25.8 Å². The van der Waals surface area contributed by atoms with Gasteiger partial charge in [-0.25, -0.2) is 0 Å². The van der Waals surface area contributed by atoms with Crippen molar-refractivity contribution in [2.75, 3.05) is 29.6 Å². The molecule has 0 saturated carbocycles. The van der Waals surface area contributed by atoms with Crippen molar-refractivity contribution in [1.82, 2.24) is 0 Å². The summed E-state index contributed by atoms with van der Waals surface area (Å²) in [6.07, 6.45) is 2.88. The molecule has 0 fully saturated rings. The maximum Gasteiger partial charge on any atom is 0.284 e. The average Bonchev–Trinajstić information content (AvgIpc) is 3.34. The predicted octanol–water partition coefficient (Wildman–Crippen LogP) is 5.85. The summed E-state index contributed by atoms with van der Waals surface area (Å²) in [7, 11) is 0. The summed E-state index contributed by atoms with van der Waals surface area (Å²) in [6.45, 7) is 4.06. The Hall–Kier alpha value is -4.38. The molecule has 2 amide bonds. The number of aryl methyl sites for hydroxylation is 1. The number of nitrogens with two attached hydrogens (primary N) is 1. The number of benzene rings is 2. The fourth-order valence-corrected chi connectivity index (χ4v) is 4.97. The molecule has 0 saturated heterocycles. The van der Waals surface area contributed by atoms with Crippen molar-refractivity contribution in [3.8, 4) is 21.9 Å². The molecule has 1 aromatic heterocycles. The molecule has 10 nitrogen and oxygen atoms in total. The highest BCUT2D eigenvalue weighted by molar-refractivity contribution is 7.15. The molecule has 0 radical (unpaired) electrons. The molecule has 4 N–H and O–H groups in total. The number of unbranched alkanes of at least 4 members (excludes halogenated alkanes) is 1.